The number of para-hydroxylation sites is 1. The highest BCUT2D eigenvalue weighted by molar-refractivity contribution is 9.10. The van der Waals surface area contributed by atoms with Crippen LogP contribution in [0.2, 0.25) is 0 Å². The number of halogens is 1. The van der Waals surface area contributed by atoms with E-state index in [0.29, 0.717) is 5.13 Å². The number of nitrogens with one attached hydrogen (secondary N) is 1. The van der Waals surface area contributed by atoms with Gasteiger partial charge >= 0.3 is 5.97 Å². The van der Waals surface area contributed by atoms with Crippen LogP contribution in [0, 0.1) is 0 Å². The predicted molar refractivity (Wildman–Crippen MR) is 103 cm³/mol. The maximum Gasteiger partial charge on any atom is 0.339 e. The number of carbonyl (C=O) groups is 2. The number of ether oxygens (including phenoxy) is 1. The topological polar surface area (TPSA) is 88.5 Å². The monoisotopic (exact) mass is 432 g/mol. The molecule has 0 aliphatic rings. The number of benzene rings is 2. The molecule has 0 radical (unpaired) electrons. The zero-order valence-corrected chi connectivity index (χ0v) is 15.7. The molecule has 26 heavy (non-hydrogen) atoms. The van der Waals surface area contributed by atoms with Gasteiger partial charge in [0.05, 0.1) is 5.69 Å². The van der Waals surface area contributed by atoms with Gasteiger partial charge in [-0.1, -0.05) is 40.2 Å². The number of rotatable bonds is 6. The summed E-state index contributed by atoms with van der Waals surface area (Å²) in [6.07, 6.45) is 0. The van der Waals surface area contributed by atoms with E-state index in [9.17, 15) is 9.59 Å². The minimum atomic E-state index is -1.11. The number of hydrogen-bond donors (Lipinski definition) is 2. The lowest BCUT2D eigenvalue weighted by Crippen LogP contribution is -2.20. The molecule has 2 N–H and O–H groups in total. The SMILES string of the molecule is O=C(COc1ccccc1C(=O)O)Nc1nc(-c2cccc(Br)c2)cs1. The third-order valence-electron chi connectivity index (χ3n) is 3.35. The molecule has 6 nitrogen and oxygen atoms in total. The standard InChI is InChI=1S/C18H13BrN2O4S/c19-12-5-3-4-11(8-12)14-10-26-18(20-14)21-16(22)9-25-15-7-2-1-6-13(15)17(23)24/h1-8,10H,9H2,(H,23,24)(H,20,21,22). The number of thiazole rings is 1. The van der Waals surface area contributed by atoms with Crippen molar-refractivity contribution in [3.8, 4) is 17.0 Å². The summed E-state index contributed by atoms with van der Waals surface area (Å²) in [4.78, 5) is 27.5. The van der Waals surface area contributed by atoms with Gasteiger partial charge in [0.15, 0.2) is 11.7 Å². The molecule has 1 aromatic heterocycles. The van der Waals surface area contributed by atoms with E-state index in [0.717, 1.165) is 15.7 Å². The lowest BCUT2D eigenvalue weighted by Gasteiger charge is -2.08. The van der Waals surface area contributed by atoms with E-state index in [4.69, 9.17) is 9.84 Å². The molecule has 0 saturated carbocycles. The summed E-state index contributed by atoms with van der Waals surface area (Å²) >= 11 is 4.71. The van der Waals surface area contributed by atoms with Crippen molar-refractivity contribution in [2.24, 2.45) is 0 Å². The first kappa shape index (κ1) is 18.1. The highest BCUT2D eigenvalue weighted by Gasteiger charge is 2.13. The molecular weight excluding hydrogens is 420 g/mol. The van der Waals surface area contributed by atoms with Crippen LogP contribution in [0.4, 0.5) is 5.13 Å². The van der Waals surface area contributed by atoms with Gasteiger partial charge in [-0.3, -0.25) is 10.1 Å². The maximum absolute atomic E-state index is 12.0. The van der Waals surface area contributed by atoms with Gasteiger partial charge in [-0.25, -0.2) is 9.78 Å². The van der Waals surface area contributed by atoms with Gasteiger partial charge in [0.25, 0.3) is 5.91 Å². The summed E-state index contributed by atoms with van der Waals surface area (Å²) < 4.78 is 6.26. The van der Waals surface area contributed by atoms with E-state index in [1.165, 1.54) is 23.5 Å². The fourth-order valence-electron chi connectivity index (χ4n) is 2.18. The van der Waals surface area contributed by atoms with E-state index in [1.54, 1.807) is 12.1 Å². The molecule has 1 amide bonds. The number of aromatic carboxylic acids is 1. The number of amides is 1. The van der Waals surface area contributed by atoms with Crippen molar-refractivity contribution in [3.05, 3.63) is 63.9 Å². The van der Waals surface area contributed by atoms with E-state index in [-0.39, 0.29) is 17.9 Å². The lowest BCUT2D eigenvalue weighted by molar-refractivity contribution is -0.118. The molecule has 1 heterocycles. The molecule has 0 aliphatic heterocycles. The first-order valence-corrected chi connectivity index (χ1v) is 9.16. The quantitative estimate of drug-likeness (QED) is 0.606. The molecule has 3 rings (SSSR count). The first-order chi connectivity index (χ1) is 12.5. The van der Waals surface area contributed by atoms with Crippen LogP contribution < -0.4 is 10.1 Å². The summed E-state index contributed by atoms with van der Waals surface area (Å²) in [5.74, 6) is -1.39. The zero-order valence-electron chi connectivity index (χ0n) is 13.3. The third kappa shape index (κ3) is 4.47. The molecular formula is C18H13BrN2O4S. The van der Waals surface area contributed by atoms with E-state index in [1.807, 2.05) is 29.6 Å². The highest BCUT2D eigenvalue weighted by Crippen LogP contribution is 2.27. The maximum atomic E-state index is 12.0. The molecule has 0 bridgehead atoms. The largest absolute Gasteiger partial charge is 0.483 e. The fourth-order valence-corrected chi connectivity index (χ4v) is 3.31. The average molecular weight is 433 g/mol. The Morgan fingerprint density at radius 2 is 2.00 bits per heavy atom. The van der Waals surface area contributed by atoms with Crippen molar-refractivity contribution in [3.63, 3.8) is 0 Å². The Hall–Kier alpha value is -2.71. The van der Waals surface area contributed by atoms with Gasteiger partial charge in [-0.2, -0.15) is 0 Å². The fraction of sp³-hybridized carbons (Fsp3) is 0.0556. The summed E-state index contributed by atoms with van der Waals surface area (Å²) in [6.45, 7) is -0.309. The van der Waals surface area contributed by atoms with Crippen LogP contribution in [0.15, 0.2) is 58.4 Å². The van der Waals surface area contributed by atoms with Crippen molar-refractivity contribution in [2.45, 2.75) is 0 Å². The molecule has 2 aromatic carbocycles. The summed E-state index contributed by atoms with van der Waals surface area (Å²) in [5, 5.41) is 14.0. The van der Waals surface area contributed by atoms with Crippen LogP contribution in [0.5, 0.6) is 5.75 Å². The molecule has 0 saturated heterocycles. The molecule has 0 unspecified atom stereocenters. The van der Waals surface area contributed by atoms with Gasteiger partial charge in [-0.15, -0.1) is 11.3 Å². The highest BCUT2D eigenvalue weighted by atomic mass is 79.9. The second-order valence-electron chi connectivity index (χ2n) is 5.19. The van der Waals surface area contributed by atoms with Crippen LogP contribution in [0.25, 0.3) is 11.3 Å². The number of carbonyl (C=O) groups excluding carboxylic acids is 1. The second kappa shape index (κ2) is 8.11. The molecule has 132 valence electrons. The first-order valence-electron chi connectivity index (χ1n) is 7.49. The van der Waals surface area contributed by atoms with E-state index < -0.39 is 11.9 Å². The van der Waals surface area contributed by atoms with Crippen LogP contribution in [0.1, 0.15) is 10.4 Å². The predicted octanol–water partition coefficient (Wildman–Crippen LogP) is 4.29. The Kier molecular flexibility index (Phi) is 5.65. The van der Waals surface area contributed by atoms with Crippen molar-refractivity contribution in [1.82, 2.24) is 4.98 Å². The summed E-state index contributed by atoms with van der Waals surface area (Å²) in [6, 6.07) is 13.9. The smallest absolute Gasteiger partial charge is 0.339 e. The van der Waals surface area contributed by atoms with Crippen molar-refractivity contribution < 1.29 is 19.4 Å². The normalized spacial score (nSPS) is 10.3. The number of carboxylic acid groups (broad SMARTS) is 1. The molecule has 3 aromatic rings. The van der Waals surface area contributed by atoms with E-state index in [2.05, 4.69) is 26.2 Å². The number of carboxylic acids is 1. The second-order valence-corrected chi connectivity index (χ2v) is 6.96. The average Bonchev–Trinajstić information content (AvgIpc) is 3.08. The van der Waals surface area contributed by atoms with Crippen molar-refractivity contribution >= 4 is 44.3 Å². The Bertz CT molecular complexity index is 958. The Morgan fingerprint density at radius 1 is 1.19 bits per heavy atom. The van der Waals surface area contributed by atoms with Gasteiger partial charge in [-0.05, 0) is 24.3 Å². The molecule has 0 aliphatic carbocycles. The van der Waals surface area contributed by atoms with Gasteiger partial charge < -0.3 is 9.84 Å². The van der Waals surface area contributed by atoms with Gasteiger partial charge in [0.2, 0.25) is 0 Å². The molecule has 0 fully saturated rings. The minimum absolute atomic E-state index is 0.00601. The number of nitrogens with zero attached hydrogens (tertiary/aromatic N) is 1. The number of anilines is 1. The molecule has 0 atom stereocenters. The van der Waals surface area contributed by atoms with Gasteiger partial charge in [0, 0.05) is 15.4 Å². The third-order valence-corrected chi connectivity index (χ3v) is 4.60. The summed E-state index contributed by atoms with van der Waals surface area (Å²) in [5.41, 5.74) is 1.69. The number of aromatic nitrogens is 1. The Morgan fingerprint density at radius 3 is 2.77 bits per heavy atom. The zero-order chi connectivity index (χ0) is 18.5. The van der Waals surface area contributed by atoms with Crippen LogP contribution in [-0.4, -0.2) is 28.6 Å². The Labute approximate surface area is 161 Å². The van der Waals surface area contributed by atoms with E-state index >= 15 is 0 Å². The molecule has 0 spiro atoms. The lowest BCUT2D eigenvalue weighted by atomic mass is 10.2. The molecule has 8 heteroatoms. The van der Waals surface area contributed by atoms with Crippen molar-refractivity contribution in [1.29, 1.82) is 0 Å². The Balaban J connectivity index is 1.62. The van der Waals surface area contributed by atoms with Crippen molar-refractivity contribution in [2.75, 3.05) is 11.9 Å². The van der Waals surface area contributed by atoms with Gasteiger partial charge in [0.1, 0.15) is 11.3 Å². The van der Waals surface area contributed by atoms with Crippen LogP contribution in [0.3, 0.4) is 0 Å². The minimum Gasteiger partial charge on any atom is -0.483 e. The number of hydrogen-bond acceptors (Lipinski definition) is 5. The van der Waals surface area contributed by atoms with Crippen LogP contribution >= 0.6 is 27.3 Å². The summed E-state index contributed by atoms with van der Waals surface area (Å²) in [7, 11) is 0. The van der Waals surface area contributed by atoms with Crippen LogP contribution in [-0.2, 0) is 4.79 Å².